The van der Waals surface area contributed by atoms with Gasteiger partial charge in [-0.15, -0.1) is 0 Å². The number of hydrogen-bond acceptors (Lipinski definition) is 3. The summed E-state index contributed by atoms with van der Waals surface area (Å²) in [7, 11) is 0. The minimum absolute atomic E-state index is 0.174. The second-order valence-electron chi connectivity index (χ2n) is 7.64. The van der Waals surface area contributed by atoms with E-state index in [1.54, 1.807) is 0 Å². The third kappa shape index (κ3) is 3.93. The Morgan fingerprint density at radius 3 is 2.37 bits per heavy atom. The molecule has 2 fully saturated rings. The van der Waals surface area contributed by atoms with Crippen molar-refractivity contribution in [3.05, 3.63) is 0 Å². The fraction of sp³-hybridized carbons (Fsp3) is 1.00. The Bertz CT molecular complexity index is 271. The molecule has 3 heteroatoms. The van der Waals surface area contributed by atoms with E-state index in [1.807, 2.05) is 0 Å². The average Bonchev–Trinajstić information content (AvgIpc) is 2.89. The zero-order chi connectivity index (χ0) is 13.9. The summed E-state index contributed by atoms with van der Waals surface area (Å²) in [5.74, 6) is 0.844. The maximum atomic E-state index is 6.07. The van der Waals surface area contributed by atoms with E-state index in [0.29, 0.717) is 11.5 Å². The van der Waals surface area contributed by atoms with Crippen molar-refractivity contribution in [1.82, 2.24) is 5.32 Å². The highest BCUT2D eigenvalue weighted by Crippen LogP contribution is 2.41. The molecule has 1 saturated heterocycles. The van der Waals surface area contributed by atoms with Gasteiger partial charge < -0.3 is 15.8 Å². The van der Waals surface area contributed by atoms with E-state index in [9.17, 15) is 0 Å². The molecule has 0 bridgehead atoms. The van der Waals surface area contributed by atoms with E-state index in [0.717, 1.165) is 25.6 Å². The Hall–Kier alpha value is -0.120. The van der Waals surface area contributed by atoms with Gasteiger partial charge in [0, 0.05) is 25.2 Å². The fourth-order valence-electron chi connectivity index (χ4n) is 3.63. The van der Waals surface area contributed by atoms with Gasteiger partial charge >= 0.3 is 0 Å². The lowest BCUT2D eigenvalue weighted by molar-refractivity contribution is 0.0799. The Labute approximate surface area is 118 Å². The number of rotatable bonds is 4. The molecule has 1 unspecified atom stereocenters. The largest absolute Gasteiger partial charge is 0.377 e. The molecule has 1 saturated carbocycles. The van der Waals surface area contributed by atoms with Crippen molar-refractivity contribution in [2.75, 3.05) is 19.7 Å². The summed E-state index contributed by atoms with van der Waals surface area (Å²) in [4.78, 5) is 0. The lowest BCUT2D eigenvalue weighted by Gasteiger charge is -2.44. The summed E-state index contributed by atoms with van der Waals surface area (Å²) >= 11 is 0. The van der Waals surface area contributed by atoms with Crippen LogP contribution in [0, 0.1) is 11.3 Å². The summed E-state index contributed by atoms with van der Waals surface area (Å²) in [6.45, 7) is 9.79. The van der Waals surface area contributed by atoms with Crippen molar-refractivity contribution < 1.29 is 4.74 Å². The van der Waals surface area contributed by atoms with Gasteiger partial charge in [0.15, 0.2) is 0 Å². The van der Waals surface area contributed by atoms with Crippen LogP contribution in [0.4, 0.5) is 0 Å². The lowest BCUT2D eigenvalue weighted by Crippen LogP contribution is -2.55. The molecule has 1 aliphatic heterocycles. The van der Waals surface area contributed by atoms with Crippen LogP contribution in [-0.2, 0) is 4.74 Å². The molecule has 3 nitrogen and oxygen atoms in total. The zero-order valence-electron chi connectivity index (χ0n) is 13.0. The minimum atomic E-state index is 0.174. The second kappa shape index (κ2) is 6.11. The quantitative estimate of drug-likeness (QED) is 0.824. The number of ether oxygens (including phenoxy) is 1. The molecule has 2 aliphatic rings. The van der Waals surface area contributed by atoms with Gasteiger partial charge in [-0.25, -0.2) is 0 Å². The van der Waals surface area contributed by atoms with Gasteiger partial charge in [0.25, 0.3) is 0 Å². The van der Waals surface area contributed by atoms with Crippen LogP contribution in [0.1, 0.15) is 59.3 Å². The maximum absolute atomic E-state index is 6.07. The van der Waals surface area contributed by atoms with Crippen LogP contribution in [0.5, 0.6) is 0 Å². The molecule has 0 aromatic rings. The average molecular weight is 268 g/mol. The van der Waals surface area contributed by atoms with Gasteiger partial charge in [-0.3, -0.25) is 0 Å². The highest BCUT2D eigenvalue weighted by molar-refractivity contribution is 4.96. The monoisotopic (exact) mass is 268 g/mol. The van der Waals surface area contributed by atoms with Crippen molar-refractivity contribution in [2.24, 2.45) is 17.1 Å². The van der Waals surface area contributed by atoms with Gasteiger partial charge in [0.05, 0.1) is 6.10 Å². The van der Waals surface area contributed by atoms with Gasteiger partial charge in [-0.05, 0) is 49.9 Å². The van der Waals surface area contributed by atoms with Crippen molar-refractivity contribution in [1.29, 1.82) is 0 Å². The fourth-order valence-corrected chi connectivity index (χ4v) is 3.63. The summed E-state index contributed by atoms with van der Waals surface area (Å²) in [5.41, 5.74) is 6.69. The Morgan fingerprint density at radius 1 is 1.21 bits per heavy atom. The van der Waals surface area contributed by atoms with Crippen LogP contribution in [0.15, 0.2) is 0 Å². The van der Waals surface area contributed by atoms with Crippen LogP contribution in [0.3, 0.4) is 0 Å². The molecule has 0 radical (unpaired) electrons. The van der Waals surface area contributed by atoms with Crippen molar-refractivity contribution in [3.8, 4) is 0 Å². The predicted octanol–water partition coefficient (Wildman–Crippen LogP) is 2.69. The van der Waals surface area contributed by atoms with Crippen LogP contribution < -0.4 is 11.1 Å². The molecular formula is C16H32N2O. The van der Waals surface area contributed by atoms with Crippen LogP contribution >= 0.6 is 0 Å². The van der Waals surface area contributed by atoms with E-state index in [1.165, 1.54) is 38.5 Å². The van der Waals surface area contributed by atoms with E-state index >= 15 is 0 Å². The van der Waals surface area contributed by atoms with Gasteiger partial charge in [0.2, 0.25) is 0 Å². The first-order valence-corrected chi connectivity index (χ1v) is 8.02. The molecule has 2 rings (SSSR count). The molecule has 0 aromatic heterocycles. The molecule has 1 aliphatic carbocycles. The highest BCUT2D eigenvalue weighted by atomic mass is 16.5. The van der Waals surface area contributed by atoms with E-state index in [4.69, 9.17) is 10.5 Å². The van der Waals surface area contributed by atoms with Gasteiger partial charge in [-0.1, -0.05) is 20.8 Å². The summed E-state index contributed by atoms with van der Waals surface area (Å²) in [6.07, 6.45) is 7.89. The standard InChI is InChI=1S/C16H32N2O/c1-15(2,3)13-6-8-16(12-17,9-7-13)18-11-14-5-4-10-19-14/h13-14,18H,4-12,17H2,1-3H3. The smallest absolute Gasteiger partial charge is 0.0700 e. The topological polar surface area (TPSA) is 47.3 Å². The van der Waals surface area contributed by atoms with Crippen molar-refractivity contribution in [3.63, 3.8) is 0 Å². The molecule has 19 heavy (non-hydrogen) atoms. The van der Waals surface area contributed by atoms with E-state index in [-0.39, 0.29) is 5.54 Å². The number of hydrogen-bond donors (Lipinski definition) is 2. The van der Waals surface area contributed by atoms with Crippen LogP contribution in [0.2, 0.25) is 0 Å². The Morgan fingerprint density at radius 2 is 1.89 bits per heavy atom. The molecule has 3 N–H and O–H groups in total. The van der Waals surface area contributed by atoms with Gasteiger partial charge in [0.1, 0.15) is 0 Å². The van der Waals surface area contributed by atoms with E-state index < -0.39 is 0 Å². The molecule has 0 amide bonds. The molecule has 1 atom stereocenters. The second-order valence-corrected chi connectivity index (χ2v) is 7.64. The molecule has 0 spiro atoms. The first-order valence-electron chi connectivity index (χ1n) is 8.02. The summed E-state index contributed by atoms with van der Waals surface area (Å²) < 4.78 is 5.71. The summed E-state index contributed by atoms with van der Waals surface area (Å²) in [6, 6.07) is 0. The highest BCUT2D eigenvalue weighted by Gasteiger charge is 2.38. The zero-order valence-corrected chi connectivity index (χ0v) is 13.0. The number of nitrogens with two attached hydrogens (primary N) is 1. The molecule has 112 valence electrons. The first-order chi connectivity index (χ1) is 8.95. The van der Waals surface area contributed by atoms with Crippen LogP contribution in [0.25, 0.3) is 0 Å². The summed E-state index contributed by atoms with van der Waals surface area (Å²) in [5, 5.41) is 3.75. The molecule has 0 aromatic carbocycles. The first kappa shape index (κ1) is 15.3. The third-order valence-electron chi connectivity index (χ3n) is 5.29. The Kier molecular flexibility index (Phi) is 4.91. The lowest BCUT2D eigenvalue weighted by atomic mass is 9.67. The minimum Gasteiger partial charge on any atom is -0.377 e. The predicted molar refractivity (Wildman–Crippen MR) is 80.2 cm³/mol. The maximum Gasteiger partial charge on any atom is 0.0700 e. The van der Waals surface area contributed by atoms with Crippen molar-refractivity contribution in [2.45, 2.75) is 70.9 Å². The number of nitrogens with one attached hydrogen (secondary N) is 1. The SMILES string of the molecule is CC(C)(C)C1CCC(CN)(NCC2CCCO2)CC1. The Balaban J connectivity index is 1.83. The third-order valence-corrected chi connectivity index (χ3v) is 5.29. The van der Waals surface area contributed by atoms with Crippen LogP contribution in [-0.4, -0.2) is 31.3 Å². The normalized spacial score (nSPS) is 36.6. The van der Waals surface area contributed by atoms with E-state index in [2.05, 4.69) is 26.1 Å². The van der Waals surface area contributed by atoms with Crippen molar-refractivity contribution >= 4 is 0 Å². The molecular weight excluding hydrogens is 236 g/mol. The molecule has 1 heterocycles. The van der Waals surface area contributed by atoms with Gasteiger partial charge in [-0.2, -0.15) is 0 Å².